The highest BCUT2D eigenvalue weighted by Crippen LogP contribution is 2.32. The molecule has 3 rings (SSSR count). The third kappa shape index (κ3) is 2.75. The van der Waals surface area contributed by atoms with Gasteiger partial charge in [0.15, 0.2) is 5.65 Å². The van der Waals surface area contributed by atoms with Crippen molar-refractivity contribution in [3.8, 4) is 11.6 Å². The molecule has 2 heterocycles. The van der Waals surface area contributed by atoms with E-state index in [9.17, 15) is 0 Å². The van der Waals surface area contributed by atoms with Gasteiger partial charge in [0.05, 0.1) is 11.2 Å². The van der Waals surface area contributed by atoms with Gasteiger partial charge in [-0.05, 0) is 31.5 Å². The molecule has 0 aliphatic heterocycles. The summed E-state index contributed by atoms with van der Waals surface area (Å²) in [6.07, 6.45) is 1.63. The first-order valence-corrected chi connectivity index (χ1v) is 6.94. The summed E-state index contributed by atoms with van der Waals surface area (Å²) in [4.78, 5) is 8.67. The van der Waals surface area contributed by atoms with E-state index in [0.29, 0.717) is 40.2 Å². The second-order valence-electron chi connectivity index (χ2n) is 4.55. The third-order valence-electron chi connectivity index (χ3n) is 2.90. The minimum atomic E-state index is 0.412. The summed E-state index contributed by atoms with van der Waals surface area (Å²) in [6, 6.07) is 5.59. The van der Waals surface area contributed by atoms with Crippen molar-refractivity contribution < 1.29 is 4.74 Å². The Labute approximate surface area is 126 Å². The standard InChI is InChI=1S/C14H14ClN5O/c1-3-16-14-18-12-9(7-17-20-12)13(19-14)21-11-5-4-8(2)6-10(11)15/h4-7H,3H2,1-2H3,(H2,16,17,18,19,20). The second kappa shape index (κ2) is 5.57. The highest BCUT2D eigenvalue weighted by atomic mass is 35.5. The van der Waals surface area contributed by atoms with Crippen LogP contribution in [0.4, 0.5) is 5.95 Å². The monoisotopic (exact) mass is 303 g/mol. The normalized spacial score (nSPS) is 10.8. The van der Waals surface area contributed by atoms with Crippen LogP contribution < -0.4 is 10.1 Å². The van der Waals surface area contributed by atoms with Gasteiger partial charge in [-0.25, -0.2) is 0 Å². The van der Waals surface area contributed by atoms with Crippen LogP contribution in [-0.4, -0.2) is 26.7 Å². The summed E-state index contributed by atoms with van der Waals surface area (Å²) in [5.74, 6) is 1.44. The van der Waals surface area contributed by atoms with Crippen LogP contribution in [0, 0.1) is 6.92 Å². The molecule has 3 aromatic rings. The molecule has 0 saturated heterocycles. The quantitative estimate of drug-likeness (QED) is 0.771. The number of aryl methyl sites for hydroxylation is 1. The van der Waals surface area contributed by atoms with Gasteiger partial charge in [0, 0.05) is 6.54 Å². The molecule has 0 atom stereocenters. The molecule has 2 N–H and O–H groups in total. The number of nitrogens with one attached hydrogen (secondary N) is 2. The predicted molar refractivity (Wildman–Crippen MR) is 82.1 cm³/mol. The Morgan fingerprint density at radius 3 is 2.95 bits per heavy atom. The number of hydrogen-bond donors (Lipinski definition) is 2. The first kappa shape index (κ1) is 13.6. The molecule has 7 heteroatoms. The molecule has 0 aliphatic rings. The first-order chi connectivity index (χ1) is 10.2. The fourth-order valence-corrected chi connectivity index (χ4v) is 2.19. The van der Waals surface area contributed by atoms with Crippen LogP contribution in [0.25, 0.3) is 11.0 Å². The van der Waals surface area contributed by atoms with Crippen LogP contribution in [0.15, 0.2) is 24.4 Å². The maximum atomic E-state index is 6.20. The number of fused-ring (bicyclic) bond motifs is 1. The smallest absolute Gasteiger partial charge is 0.235 e. The lowest BCUT2D eigenvalue weighted by atomic mass is 10.2. The van der Waals surface area contributed by atoms with Crippen molar-refractivity contribution in [2.45, 2.75) is 13.8 Å². The number of nitrogens with zero attached hydrogens (tertiary/aromatic N) is 3. The second-order valence-corrected chi connectivity index (χ2v) is 4.96. The van der Waals surface area contributed by atoms with Gasteiger partial charge in [0.1, 0.15) is 11.1 Å². The van der Waals surface area contributed by atoms with Gasteiger partial charge in [-0.1, -0.05) is 17.7 Å². The number of aromatic nitrogens is 4. The van der Waals surface area contributed by atoms with Crippen molar-refractivity contribution >= 4 is 28.6 Å². The molecule has 0 spiro atoms. The maximum absolute atomic E-state index is 6.20. The van der Waals surface area contributed by atoms with E-state index in [-0.39, 0.29) is 0 Å². The molecule has 0 aliphatic carbocycles. The molecule has 2 aromatic heterocycles. The molecular weight excluding hydrogens is 290 g/mol. The van der Waals surface area contributed by atoms with Gasteiger partial charge in [-0.3, -0.25) is 5.10 Å². The molecule has 0 fully saturated rings. The van der Waals surface area contributed by atoms with Crippen LogP contribution in [0.2, 0.25) is 5.02 Å². The fraction of sp³-hybridized carbons (Fsp3) is 0.214. The number of aromatic amines is 1. The summed E-state index contributed by atoms with van der Waals surface area (Å²) in [7, 11) is 0. The van der Waals surface area contributed by atoms with Crippen molar-refractivity contribution in [1.82, 2.24) is 20.2 Å². The SMILES string of the molecule is CCNc1nc(Oc2ccc(C)cc2Cl)c2cn[nH]c2n1. The van der Waals surface area contributed by atoms with E-state index in [1.165, 1.54) is 0 Å². The topological polar surface area (TPSA) is 75.7 Å². The number of ether oxygens (including phenoxy) is 1. The molecule has 108 valence electrons. The Balaban J connectivity index is 2.04. The van der Waals surface area contributed by atoms with Crippen molar-refractivity contribution in [3.63, 3.8) is 0 Å². The lowest BCUT2D eigenvalue weighted by molar-refractivity contribution is 0.469. The van der Waals surface area contributed by atoms with Crippen LogP contribution in [0.1, 0.15) is 12.5 Å². The van der Waals surface area contributed by atoms with Gasteiger partial charge >= 0.3 is 0 Å². The van der Waals surface area contributed by atoms with Gasteiger partial charge in [-0.2, -0.15) is 15.1 Å². The van der Waals surface area contributed by atoms with E-state index in [2.05, 4.69) is 25.5 Å². The lowest BCUT2D eigenvalue weighted by Crippen LogP contribution is -2.03. The van der Waals surface area contributed by atoms with E-state index >= 15 is 0 Å². The Morgan fingerprint density at radius 2 is 2.19 bits per heavy atom. The largest absolute Gasteiger partial charge is 0.436 e. The van der Waals surface area contributed by atoms with Gasteiger partial charge in [-0.15, -0.1) is 0 Å². The van der Waals surface area contributed by atoms with Gasteiger partial charge in [0.25, 0.3) is 0 Å². The number of anilines is 1. The Morgan fingerprint density at radius 1 is 1.33 bits per heavy atom. The van der Waals surface area contributed by atoms with Gasteiger partial charge < -0.3 is 10.1 Å². The van der Waals surface area contributed by atoms with Crippen LogP contribution in [-0.2, 0) is 0 Å². The van der Waals surface area contributed by atoms with E-state index in [1.807, 2.05) is 32.0 Å². The zero-order valence-corrected chi connectivity index (χ0v) is 12.4. The molecule has 0 saturated carbocycles. The van der Waals surface area contributed by atoms with Crippen molar-refractivity contribution in [3.05, 3.63) is 35.0 Å². The van der Waals surface area contributed by atoms with Crippen molar-refractivity contribution in [2.75, 3.05) is 11.9 Å². The number of H-pyrrole nitrogens is 1. The summed E-state index contributed by atoms with van der Waals surface area (Å²) in [5, 5.41) is 11.1. The summed E-state index contributed by atoms with van der Waals surface area (Å²) >= 11 is 6.20. The number of benzene rings is 1. The van der Waals surface area contributed by atoms with Gasteiger partial charge in [0.2, 0.25) is 11.8 Å². The first-order valence-electron chi connectivity index (χ1n) is 6.56. The molecule has 0 radical (unpaired) electrons. The molecular formula is C14H14ClN5O. The molecule has 0 amide bonds. The summed E-state index contributed by atoms with van der Waals surface area (Å²) in [5.41, 5.74) is 1.68. The Kier molecular flexibility index (Phi) is 3.62. The van der Waals surface area contributed by atoms with E-state index in [0.717, 1.165) is 5.56 Å². The predicted octanol–water partition coefficient (Wildman–Crippen LogP) is 3.54. The third-order valence-corrected chi connectivity index (χ3v) is 3.20. The average Bonchev–Trinajstić information content (AvgIpc) is 2.91. The minimum absolute atomic E-state index is 0.412. The number of rotatable bonds is 4. The molecule has 0 unspecified atom stereocenters. The van der Waals surface area contributed by atoms with Crippen LogP contribution in [0.3, 0.4) is 0 Å². The average molecular weight is 304 g/mol. The summed E-state index contributed by atoms with van der Waals surface area (Å²) in [6.45, 7) is 4.65. The number of halogens is 1. The molecule has 6 nitrogen and oxygen atoms in total. The van der Waals surface area contributed by atoms with Crippen LogP contribution >= 0.6 is 11.6 Å². The van der Waals surface area contributed by atoms with Crippen LogP contribution in [0.5, 0.6) is 11.6 Å². The zero-order valence-electron chi connectivity index (χ0n) is 11.6. The Bertz CT molecular complexity index is 786. The highest BCUT2D eigenvalue weighted by Gasteiger charge is 2.13. The summed E-state index contributed by atoms with van der Waals surface area (Å²) < 4.78 is 5.84. The minimum Gasteiger partial charge on any atom is -0.436 e. The fourth-order valence-electron chi connectivity index (χ4n) is 1.92. The van der Waals surface area contributed by atoms with E-state index in [1.54, 1.807) is 6.20 Å². The van der Waals surface area contributed by atoms with Crippen molar-refractivity contribution in [1.29, 1.82) is 0 Å². The highest BCUT2D eigenvalue weighted by molar-refractivity contribution is 6.32. The maximum Gasteiger partial charge on any atom is 0.235 e. The molecule has 0 bridgehead atoms. The lowest BCUT2D eigenvalue weighted by Gasteiger charge is -2.09. The van der Waals surface area contributed by atoms with E-state index < -0.39 is 0 Å². The zero-order chi connectivity index (χ0) is 14.8. The van der Waals surface area contributed by atoms with E-state index in [4.69, 9.17) is 16.3 Å². The Hall–Kier alpha value is -2.34. The number of hydrogen-bond acceptors (Lipinski definition) is 5. The molecule has 1 aromatic carbocycles. The molecule has 21 heavy (non-hydrogen) atoms. The van der Waals surface area contributed by atoms with Crippen molar-refractivity contribution in [2.24, 2.45) is 0 Å².